The largest absolute Gasteiger partial charge is 0.365 e. The van der Waals surface area contributed by atoms with Crippen molar-refractivity contribution >= 4 is 41.2 Å². The first-order chi connectivity index (χ1) is 15.5. The van der Waals surface area contributed by atoms with Crippen molar-refractivity contribution in [3.63, 3.8) is 0 Å². The van der Waals surface area contributed by atoms with E-state index in [1.807, 2.05) is 29.2 Å². The molecule has 4 rings (SSSR count). The fourth-order valence-electron chi connectivity index (χ4n) is 4.07. The van der Waals surface area contributed by atoms with Crippen molar-refractivity contribution in [2.75, 3.05) is 47.8 Å². The highest BCUT2D eigenvalue weighted by molar-refractivity contribution is 6.04. The first kappa shape index (κ1) is 21.5. The summed E-state index contributed by atoms with van der Waals surface area (Å²) < 4.78 is 0. The Kier molecular flexibility index (Phi) is 6.48. The Morgan fingerprint density at radius 3 is 2.41 bits per heavy atom. The monoisotopic (exact) mass is 436 g/mol. The zero-order valence-electron chi connectivity index (χ0n) is 17.9. The molecule has 3 heterocycles. The molecular formula is C22H28N8O2. The van der Waals surface area contributed by atoms with Crippen LogP contribution in [0.4, 0.5) is 23.1 Å². The zero-order valence-corrected chi connectivity index (χ0v) is 17.9. The van der Waals surface area contributed by atoms with Crippen molar-refractivity contribution in [1.82, 2.24) is 15.3 Å². The summed E-state index contributed by atoms with van der Waals surface area (Å²) in [5.41, 5.74) is 7.56. The molecule has 5 N–H and O–H groups in total. The Labute approximate surface area is 186 Å². The molecule has 10 heteroatoms. The third-order valence-corrected chi connectivity index (χ3v) is 5.73. The van der Waals surface area contributed by atoms with E-state index in [0.717, 1.165) is 44.4 Å². The van der Waals surface area contributed by atoms with Gasteiger partial charge in [0.2, 0.25) is 11.9 Å². The van der Waals surface area contributed by atoms with Gasteiger partial charge in [-0.25, -0.2) is 4.98 Å². The number of piperazine rings is 1. The summed E-state index contributed by atoms with van der Waals surface area (Å²) in [6.07, 6.45) is 5.49. The van der Waals surface area contributed by atoms with Gasteiger partial charge in [0.15, 0.2) is 0 Å². The first-order valence-electron chi connectivity index (χ1n) is 10.9. The number of rotatable bonds is 6. The van der Waals surface area contributed by atoms with Crippen LogP contribution >= 0.6 is 0 Å². The lowest BCUT2D eigenvalue weighted by Gasteiger charge is -2.28. The predicted molar refractivity (Wildman–Crippen MR) is 124 cm³/mol. The van der Waals surface area contributed by atoms with Gasteiger partial charge >= 0.3 is 0 Å². The first-order valence-corrected chi connectivity index (χ1v) is 10.9. The number of carbonyl (C=O) groups excluding carboxylic acids is 2. The van der Waals surface area contributed by atoms with E-state index in [1.54, 1.807) is 0 Å². The number of benzene rings is 1. The fraction of sp³-hybridized carbons (Fsp3) is 0.409. The van der Waals surface area contributed by atoms with Gasteiger partial charge in [0.25, 0.3) is 5.91 Å². The highest BCUT2D eigenvalue weighted by Crippen LogP contribution is 2.26. The van der Waals surface area contributed by atoms with E-state index in [9.17, 15) is 9.59 Å². The van der Waals surface area contributed by atoms with E-state index >= 15 is 0 Å². The maximum Gasteiger partial charge on any atom is 0.254 e. The van der Waals surface area contributed by atoms with Crippen LogP contribution in [-0.2, 0) is 4.79 Å². The number of hydrogen-bond donors (Lipinski definition) is 4. The maximum atomic E-state index is 12.2. The molecule has 2 aromatic rings. The lowest BCUT2D eigenvalue weighted by Crippen LogP contribution is -2.47. The van der Waals surface area contributed by atoms with Crippen molar-refractivity contribution in [2.45, 2.75) is 25.7 Å². The van der Waals surface area contributed by atoms with Crippen LogP contribution in [-0.4, -0.2) is 60.7 Å². The number of carbonyl (C=O) groups is 2. The SMILES string of the molecule is N=Cc1nc(N2CCCCCC2)nc(Nc2ccc(N3CCNC(=O)C3)cc2)c1C(N)=O. The lowest BCUT2D eigenvalue weighted by molar-refractivity contribution is -0.120. The molecule has 168 valence electrons. The third-order valence-electron chi connectivity index (χ3n) is 5.73. The molecule has 2 fully saturated rings. The molecule has 10 nitrogen and oxygen atoms in total. The topological polar surface area (TPSA) is 140 Å². The average Bonchev–Trinajstić information content (AvgIpc) is 3.08. The zero-order chi connectivity index (χ0) is 22.5. The Morgan fingerprint density at radius 2 is 1.78 bits per heavy atom. The second-order valence-electron chi connectivity index (χ2n) is 7.99. The van der Waals surface area contributed by atoms with Crippen molar-refractivity contribution in [1.29, 1.82) is 5.41 Å². The normalized spacial score (nSPS) is 16.8. The molecule has 2 saturated heterocycles. The summed E-state index contributed by atoms with van der Waals surface area (Å²) in [5.74, 6) is 0.0966. The molecule has 1 aromatic carbocycles. The molecule has 0 atom stereocenters. The summed E-state index contributed by atoms with van der Waals surface area (Å²) in [6.45, 7) is 3.37. The van der Waals surface area contributed by atoms with E-state index in [-0.39, 0.29) is 23.0 Å². The molecular weight excluding hydrogens is 408 g/mol. The van der Waals surface area contributed by atoms with Gasteiger partial charge in [-0.1, -0.05) is 12.8 Å². The van der Waals surface area contributed by atoms with Crippen LogP contribution in [0.5, 0.6) is 0 Å². The summed E-state index contributed by atoms with van der Waals surface area (Å²) in [4.78, 5) is 37.0. The standard InChI is InChI=1S/C22H28N8O2/c23-13-17-19(20(24)32)21(28-22(27-17)29-10-3-1-2-4-11-29)26-15-5-7-16(8-6-15)30-12-9-25-18(31)14-30/h5-8,13,23H,1-4,9-12,14H2,(H2,24,32)(H,25,31)(H,26,27,28). The van der Waals surface area contributed by atoms with Crippen LogP contribution in [0.25, 0.3) is 0 Å². The molecule has 0 spiro atoms. The molecule has 2 aliphatic heterocycles. The Hall–Kier alpha value is -3.69. The number of nitrogens with zero attached hydrogens (tertiary/aromatic N) is 4. The minimum atomic E-state index is -0.690. The van der Waals surface area contributed by atoms with E-state index in [2.05, 4.69) is 25.5 Å². The number of primary amides is 1. The van der Waals surface area contributed by atoms with Gasteiger partial charge in [0.05, 0.1) is 6.54 Å². The smallest absolute Gasteiger partial charge is 0.254 e. The van der Waals surface area contributed by atoms with Crippen molar-refractivity contribution in [2.24, 2.45) is 5.73 Å². The second kappa shape index (κ2) is 9.63. The van der Waals surface area contributed by atoms with E-state index in [0.29, 0.717) is 24.7 Å². The Morgan fingerprint density at radius 1 is 1.06 bits per heavy atom. The van der Waals surface area contributed by atoms with Crippen LogP contribution < -0.4 is 26.2 Å². The summed E-state index contributed by atoms with van der Waals surface area (Å²) in [5, 5.41) is 13.8. The van der Waals surface area contributed by atoms with Gasteiger partial charge in [-0.2, -0.15) is 4.98 Å². The van der Waals surface area contributed by atoms with Gasteiger partial charge < -0.3 is 31.6 Å². The lowest BCUT2D eigenvalue weighted by atomic mass is 10.2. The molecule has 0 aliphatic carbocycles. The molecule has 2 amide bonds. The molecule has 0 radical (unpaired) electrons. The summed E-state index contributed by atoms with van der Waals surface area (Å²) in [7, 11) is 0. The van der Waals surface area contributed by atoms with E-state index in [4.69, 9.17) is 11.1 Å². The Bertz CT molecular complexity index is 1000. The number of anilines is 4. The number of hydrogen-bond acceptors (Lipinski definition) is 8. The average molecular weight is 437 g/mol. The minimum Gasteiger partial charge on any atom is -0.365 e. The van der Waals surface area contributed by atoms with Gasteiger partial charge in [-0.3, -0.25) is 9.59 Å². The molecule has 2 aliphatic rings. The van der Waals surface area contributed by atoms with Crippen LogP contribution in [0.15, 0.2) is 24.3 Å². The quantitative estimate of drug-likeness (QED) is 0.505. The molecule has 0 unspecified atom stereocenters. The van der Waals surface area contributed by atoms with Crippen LogP contribution in [0, 0.1) is 5.41 Å². The minimum absolute atomic E-state index is 0.00533. The molecule has 1 aromatic heterocycles. The van der Waals surface area contributed by atoms with Gasteiger partial charge in [-0.15, -0.1) is 0 Å². The second-order valence-corrected chi connectivity index (χ2v) is 7.99. The van der Waals surface area contributed by atoms with Crippen molar-refractivity contribution in [3.05, 3.63) is 35.5 Å². The highest BCUT2D eigenvalue weighted by Gasteiger charge is 2.22. The van der Waals surface area contributed by atoms with Gasteiger partial charge in [-0.05, 0) is 37.1 Å². The number of nitrogens with two attached hydrogens (primary N) is 1. The molecule has 32 heavy (non-hydrogen) atoms. The third kappa shape index (κ3) is 4.79. The van der Waals surface area contributed by atoms with Gasteiger partial charge in [0.1, 0.15) is 17.1 Å². The van der Waals surface area contributed by atoms with Crippen LogP contribution in [0.2, 0.25) is 0 Å². The van der Waals surface area contributed by atoms with Gasteiger partial charge in [0, 0.05) is 43.8 Å². The van der Waals surface area contributed by atoms with Crippen molar-refractivity contribution < 1.29 is 9.59 Å². The highest BCUT2D eigenvalue weighted by atomic mass is 16.2. The fourth-order valence-corrected chi connectivity index (χ4v) is 4.07. The predicted octanol–water partition coefficient (Wildman–Crippen LogP) is 1.63. The summed E-state index contributed by atoms with van der Waals surface area (Å²) >= 11 is 0. The number of amides is 2. The van der Waals surface area contributed by atoms with E-state index < -0.39 is 5.91 Å². The van der Waals surface area contributed by atoms with Crippen LogP contribution in [0.1, 0.15) is 41.7 Å². The molecule has 0 saturated carbocycles. The Balaban J connectivity index is 1.62. The molecule has 0 bridgehead atoms. The maximum absolute atomic E-state index is 12.2. The summed E-state index contributed by atoms with van der Waals surface area (Å²) in [6, 6.07) is 7.56. The number of nitrogens with one attached hydrogen (secondary N) is 3. The van der Waals surface area contributed by atoms with Crippen molar-refractivity contribution in [3.8, 4) is 0 Å². The van der Waals surface area contributed by atoms with E-state index in [1.165, 1.54) is 12.8 Å². The number of aromatic nitrogens is 2. The van der Waals surface area contributed by atoms with Crippen LogP contribution in [0.3, 0.4) is 0 Å².